The lowest BCUT2D eigenvalue weighted by Gasteiger charge is -2.21. The molecular weight excluding hydrogens is 451 g/mol. The number of hydrogen-bond acceptors (Lipinski definition) is 4. The van der Waals surface area contributed by atoms with Gasteiger partial charge in [-0.15, -0.1) is 0 Å². The number of alkyl halides is 3. The molecule has 3 aromatic rings. The van der Waals surface area contributed by atoms with Gasteiger partial charge in [0.15, 0.2) is 5.76 Å². The molecule has 0 aliphatic carbocycles. The van der Waals surface area contributed by atoms with Crippen molar-refractivity contribution in [2.24, 2.45) is 5.92 Å². The Morgan fingerprint density at radius 2 is 1.53 bits per heavy atom. The summed E-state index contributed by atoms with van der Waals surface area (Å²) in [5.41, 5.74) is -0.507. The van der Waals surface area contributed by atoms with Crippen LogP contribution in [-0.4, -0.2) is 23.8 Å². The van der Waals surface area contributed by atoms with Crippen LogP contribution in [0.2, 0.25) is 0 Å². The molecule has 0 unspecified atom stereocenters. The summed E-state index contributed by atoms with van der Waals surface area (Å²) >= 11 is 0. The molecule has 1 atom stereocenters. The summed E-state index contributed by atoms with van der Waals surface area (Å²) in [6.45, 7) is 3.51. The maximum absolute atomic E-state index is 12.9. The van der Waals surface area contributed by atoms with Crippen molar-refractivity contribution in [1.29, 1.82) is 0 Å². The van der Waals surface area contributed by atoms with E-state index in [1.165, 1.54) is 42.7 Å². The number of furan rings is 1. The lowest BCUT2D eigenvalue weighted by Crippen LogP contribution is -2.47. The van der Waals surface area contributed by atoms with E-state index in [9.17, 15) is 27.6 Å². The van der Waals surface area contributed by atoms with Gasteiger partial charge in [0, 0.05) is 16.9 Å². The van der Waals surface area contributed by atoms with Gasteiger partial charge in [0.05, 0.1) is 11.8 Å². The van der Waals surface area contributed by atoms with E-state index in [1.54, 1.807) is 26.0 Å². The first-order valence-corrected chi connectivity index (χ1v) is 10.3. The van der Waals surface area contributed by atoms with Crippen LogP contribution in [0.1, 0.15) is 40.3 Å². The number of rotatable bonds is 7. The minimum absolute atomic E-state index is 0.0187. The Hall–Kier alpha value is -4.08. The number of nitrogens with one attached hydrogen (secondary N) is 3. The zero-order valence-electron chi connectivity index (χ0n) is 18.3. The Bertz CT molecular complexity index is 1170. The van der Waals surface area contributed by atoms with Crippen molar-refractivity contribution in [3.8, 4) is 0 Å². The molecule has 0 saturated carbocycles. The van der Waals surface area contributed by atoms with Crippen LogP contribution in [-0.2, 0) is 11.0 Å². The number of benzene rings is 2. The topological polar surface area (TPSA) is 100 Å². The first-order valence-electron chi connectivity index (χ1n) is 10.3. The lowest BCUT2D eigenvalue weighted by molar-refractivity contribution is -0.137. The molecule has 0 aliphatic rings. The molecular formula is C24H22F3N3O4. The normalized spacial score (nSPS) is 12.2. The smallest absolute Gasteiger partial charge is 0.416 e. The molecule has 0 saturated heterocycles. The number of anilines is 2. The first-order chi connectivity index (χ1) is 16.0. The van der Waals surface area contributed by atoms with Gasteiger partial charge in [0.25, 0.3) is 11.8 Å². The van der Waals surface area contributed by atoms with Gasteiger partial charge in [0.1, 0.15) is 6.04 Å². The number of carbonyl (C=O) groups excluding carboxylic acids is 3. The highest BCUT2D eigenvalue weighted by Gasteiger charge is 2.30. The van der Waals surface area contributed by atoms with Crippen molar-refractivity contribution in [3.05, 3.63) is 83.8 Å². The average Bonchev–Trinajstić information content (AvgIpc) is 3.32. The quantitative estimate of drug-likeness (QED) is 0.452. The van der Waals surface area contributed by atoms with Gasteiger partial charge >= 0.3 is 6.18 Å². The second-order valence-electron chi connectivity index (χ2n) is 7.78. The van der Waals surface area contributed by atoms with Gasteiger partial charge in [-0.3, -0.25) is 14.4 Å². The van der Waals surface area contributed by atoms with Crippen LogP contribution in [0.15, 0.2) is 71.3 Å². The van der Waals surface area contributed by atoms with E-state index in [2.05, 4.69) is 16.0 Å². The van der Waals surface area contributed by atoms with Crippen LogP contribution in [0.4, 0.5) is 24.5 Å². The van der Waals surface area contributed by atoms with E-state index in [0.29, 0.717) is 0 Å². The third-order valence-electron chi connectivity index (χ3n) is 4.82. The van der Waals surface area contributed by atoms with Crippen LogP contribution in [0, 0.1) is 5.92 Å². The van der Waals surface area contributed by atoms with Gasteiger partial charge in [0.2, 0.25) is 5.91 Å². The molecule has 3 N–H and O–H groups in total. The van der Waals surface area contributed by atoms with Gasteiger partial charge in [-0.25, -0.2) is 0 Å². The van der Waals surface area contributed by atoms with E-state index in [4.69, 9.17) is 4.42 Å². The Morgan fingerprint density at radius 3 is 2.15 bits per heavy atom. The Labute approximate surface area is 193 Å². The fourth-order valence-electron chi connectivity index (χ4n) is 3.09. The third kappa shape index (κ3) is 6.25. The van der Waals surface area contributed by atoms with Crippen molar-refractivity contribution in [3.63, 3.8) is 0 Å². The second-order valence-corrected chi connectivity index (χ2v) is 7.78. The molecule has 34 heavy (non-hydrogen) atoms. The average molecular weight is 473 g/mol. The summed E-state index contributed by atoms with van der Waals surface area (Å²) in [6.07, 6.45) is -3.19. The Morgan fingerprint density at radius 1 is 0.853 bits per heavy atom. The summed E-state index contributed by atoms with van der Waals surface area (Å²) in [6, 6.07) is 12.3. The van der Waals surface area contributed by atoms with Gasteiger partial charge in [-0.1, -0.05) is 26.0 Å². The van der Waals surface area contributed by atoms with E-state index in [-0.39, 0.29) is 28.6 Å². The van der Waals surface area contributed by atoms with Crippen LogP contribution < -0.4 is 16.0 Å². The zero-order valence-corrected chi connectivity index (χ0v) is 18.3. The van der Waals surface area contributed by atoms with Crippen LogP contribution in [0.25, 0.3) is 0 Å². The van der Waals surface area contributed by atoms with Gasteiger partial charge in [-0.05, 0) is 54.4 Å². The largest absolute Gasteiger partial charge is 0.459 e. The lowest BCUT2D eigenvalue weighted by atomic mass is 10.0. The highest BCUT2D eigenvalue weighted by atomic mass is 19.4. The standard InChI is InChI=1S/C24H22F3N3O4/c1-14(2)20(30-22(32)19-10-5-11-34-19)23(33)29-17-8-3-6-15(12-17)21(31)28-18-9-4-7-16(13-18)24(25,26)27/h3-14,20H,1-2H3,(H,28,31)(H,29,33)(H,30,32)/t20-/m0/s1. The summed E-state index contributed by atoms with van der Waals surface area (Å²) in [7, 11) is 0. The summed E-state index contributed by atoms with van der Waals surface area (Å²) in [5, 5.41) is 7.67. The molecule has 1 aromatic heterocycles. The van der Waals surface area contributed by atoms with Crippen molar-refractivity contribution in [2.45, 2.75) is 26.1 Å². The summed E-state index contributed by atoms with van der Waals surface area (Å²) < 4.78 is 43.7. The molecule has 0 bridgehead atoms. The first kappa shape index (κ1) is 24.6. The van der Waals surface area contributed by atoms with Gasteiger partial charge in [-0.2, -0.15) is 13.2 Å². The second kappa shape index (κ2) is 10.2. The minimum atomic E-state index is -4.54. The third-order valence-corrected chi connectivity index (χ3v) is 4.82. The zero-order chi connectivity index (χ0) is 24.9. The monoisotopic (exact) mass is 473 g/mol. The minimum Gasteiger partial charge on any atom is -0.459 e. The molecule has 0 fully saturated rings. The van der Waals surface area contributed by atoms with E-state index >= 15 is 0 Å². The molecule has 3 rings (SSSR count). The maximum atomic E-state index is 12.9. The summed E-state index contributed by atoms with van der Waals surface area (Å²) in [4.78, 5) is 37.6. The number of carbonyl (C=O) groups is 3. The molecule has 0 aliphatic heterocycles. The number of amides is 3. The molecule has 0 spiro atoms. The Balaban J connectivity index is 1.70. The van der Waals surface area contributed by atoms with Crippen LogP contribution in [0.5, 0.6) is 0 Å². The highest BCUT2D eigenvalue weighted by Crippen LogP contribution is 2.30. The van der Waals surface area contributed by atoms with Crippen LogP contribution in [0.3, 0.4) is 0 Å². The molecule has 1 heterocycles. The fourth-order valence-corrected chi connectivity index (χ4v) is 3.09. The highest BCUT2D eigenvalue weighted by molar-refractivity contribution is 6.06. The van der Waals surface area contributed by atoms with Crippen LogP contribution >= 0.6 is 0 Å². The van der Waals surface area contributed by atoms with E-state index in [1.807, 2.05) is 0 Å². The molecule has 7 nitrogen and oxygen atoms in total. The van der Waals surface area contributed by atoms with Crippen molar-refractivity contribution >= 4 is 29.1 Å². The predicted octanol–water partition coefficient (Wildman–Crippen LogP) is 4.94. The van der Waals surface area contributed by atoms with Crippen molar-refractivity contribution < 1.29 is 32.0 Å². The van der Waals surface area contributed by atoms with Crippen molar-refractivity contribution in [2.75, 3.05) is 10.6 Å². The molecule has 3 amide bonds. The van der Waals surface area contributed by atoms with Gasteiger partial charge < -0.3 is 20.4 Å². The molecule has 178 valence electrons. The molecule has 10 heteroatoms. The molecule has 0 radical (unpaired) electrons. The van der Waals surface area contributed by atoms with E-state index in [0.717, 1.165) is 12.1 Å². The SMILES string of the molecule is CC(C)[C@H](NC(=O)c1ccco1)C(=O)Nc1cccc(C(=O)Nc2cccc(C(F)(F)F)c2)c1. The predicted molar refractivity (Wildman–Crippen MR) is 119 cm³/mol. The molecule has 2 aromatic carbocycles. The fraction of sp³-hybridized carbons (Fsp3) is 0.208. The number of halogens is 3. The number of hydrogen-bond donors (Lipinski definition) is 3. The maximum Gasteiger partial charge on any atom is 0.416 e. The Kier molecular flexibility index (Phi) is 7.40. The van der Waals surface area contributed by atoms with Crippen molar-refractivity contribution in [1.82, 2.24) is 5.32 Å². The van der Waals surface area contributed by atoms with E-state index < -0.39 is 35.5 Å². The summed E-state index contributed by atoms with van der Waals surface area (Å²) in [5.74, 6) is -1.90.